The Morgan fingerprint density at radius 2 is 1.61 bits per heavy atom. The largest absolute Gasteiger partial charge is 0.469 e. The normalized spacial score (nSPS) is 12.9. The average molecular weight is 291 g/mol. The van der Waals surface area contributed by atoms with Crippen molar-refractivity contribution in [3.63, 3.8) is 0 Å². The maximum absolute atomic E-state index is 10.2. The summed E-state index contributed by atoms with van der Waals surface area (Å²) in [5.41, 5.74) is 2.97. The van der Waals surface area contributed by atoms with Gasteiger partial charge in [0.25, 0.3) is 0 Å². The number of aliphatic hydroxyl groups is 3. The topological polar surface area (TPSA) is 153 Å². The van der Waals surface area contributed by atoms with Gasteiger partial charge < -0.3 is 29.6 Å². The number of nitrogens with zero attached hydrogens (tertiary/aromatic N) is 1. The second-order valence-corrected chi connectivity index (χ2v) is 6.00. The van der Waals surface area contributed by atoms with Crippen LogP contribution in [0.4, 0.5) is 0 Å². The van der Waals surface area contributed by atoms with Crippen molar-refractivity contribution in [1.29, 1.82) is 0 Å². The van der Waals surface area contributed by atoms with Crippen LogP contribution in [0, 0.1) is 0 Å². The summed E-state index contributed by atoms with van der Waals surface area (Å²) < 4.78 is 15.1. The molecule has 10 heteroatoms. The van der Waals surface area contributed by atoms with E-state index in [1.54, 1.807) is 0 Å². The molecule has 0 spiro atoms. The fraction of sp³-hybridized carbons (Fsp3) is 1.00. The van der Waals surface area contributed by atoms with E-state index in [4.69, 9.17) is 30.8 Å². The van der Waals surface area contributed by atoms with Gasteiger partial charge >= 0.3 is 7.82 Å². The van der Waals surface area contributed by atoms with Crippen LogP contribution >= 0.6 is 7.82 Å². The average Bonchev–Trinajstić information content (AvgIpc) is 2.14. The predicted molar refractivity (Wildman–Crippen MR) is 64.2 cm³/mol. The molecule has 112 valence electrons. The predicted octanol–water partition coefficient (Wildman–Crippen LogP) is -2.58. The van der Waals surface area contributed by atoms with Crippen LogP contribution in [-0.2, 0) is 9.09 Å². The fourth-order valence-corrected chi connectivity index (χ4v) is 0.803. The number of rotatable bonds is 6. The number of phosphoric ester groups is 1. The Morgan fingerprint density at radius 3 is 1.78 bits per heavy atom. The van der Waals surface area contributed by atoms with Crippen LogP contribution in [0.1, 0.15) is 0 Å². The monoisotopic (exact) mass is 291 g/mol. The van der Waals surface area contributed by atoms with Crippen LogP contribution in [0.3, 0.4) is 0 Å². The van der Waals surface area contributed by atoms with E-state index in [9.17, 15) is 4.57 Å². The minimum Gasteiger partial charge on any atom is -0.392 e. The molecule has 9 nitrogen and oxygen atoms in total. The van der Waals surface area contributed by atoms with E-state index in [-0.39, 0.29) is 6.61 Å². The van der Waals surface area contributed by atoms with Gasteiger partial charge in [0.15, 0.2) is 5.72 Å². The Labute approximate surface area is 106 Å². The number of hydrogen-bond donors (Lipinski definition) is 6. The van der Waals surface area contributed by atoms with E-state index < -0.39 is 26.8 Å². The van der Waals surface area contributed by atoms with Crippen LogP contribution in [-0.4, -0.2) is 82.8 Å². The second-order valence-electron chi connectivity index (χ2n) is 4.76. The Bertz CT molecular complexity index is 255. The zero-order valence-electron chi connectivity index (χ0n) is 10.9. The summed E-state index contributed by atoms with van der Waals surface area (Å²) >= 11 is 0. The first-order valence-electron chi connectivity index (χ1n) is 5.06. The minimum absolute atomic E-state index is 0.0772. The van der Waals surface area contributed by atoms with Gasteiger partial charge in [-0.25, -0.2) is 4.57 Å². The number of quaternary nitrogens is 1. The van der Waals surface area contributed by atoms with E-state index in [1.807, 2.05) is 21.1 Å². The highest BCUT2D eigenvalue weighted by molar-refractivity contribution is 7.46. The number of nitrogens with two attached hydrogens (primary N) is 1. The summed E-state index contributed by atoms with van der Waals surface area (Å²) in [6.45, 7) is -0.591. The lowest BCUT2D eigenvalue weighted by atomic mass is 10.3. The van der Waals surface area contributed by atoms with Gasteiger partial charge in [-0.15, -0.1) is 0 Å². The molecule has 0 aliphatic rings. The fourth-order valence-electron chi connectivity index (χ4n) is 0.484. The highest BCUT2D eigenvalue weighted by atomic mass is 31.2. The van der Waals surface area contributed by atoms with Crippen molar-refractivity contribution in [2.75, 3.05) is 47.5 Å². The van der Waals surface area contributed by atoms with Gasteiger partial charge in [0.1, 0.15) is 13.2 Å². The molecule has 0 atom stereocenters. The van der Waals surface area contributed by atoms with Gasteiger partial charge in [0, 0.05) is 0 Å². The molecule has 0 amide bonds. The Morgan fingerprint density at radius 1 is 1.22 bits per heavy atom. The van der Waals surface area contributed by atoms with Crippen molar-refractivity contribution >= 4 is 7.82 Å². The zero-order valence-corrected chi connectivity index (χ0v) is 11.7. The molecule has 0 bridgehead atoms. The standard InChI is InChI=1S/C5H14NO4P.C3H9NO3/c1-6(2,3)4-5-10-11(7,8)9;4-3(7,1-5)2-6/h4-5H2,1-3H3,(H-,7,8,9);5-7H,1-2,4H2/p+1. The lowest BCUT2D eigenvalue weighted by Gasteiger charge is -2.23. The van der Waals surface area contributed by atoms with Gasteiger partial charge in [-0.3, -0.25) is 10.3 Å². The van der Waals surface area contributed by atoms with Crippen LogP contribution < -0.4 is 5.73 Å². The number of likely N-dealkylation sites (N-methyl/N-ethyl adjacent to an activating group) is 1. The quantitative estimate of drug-likeness (QED) is 0.177. The van der Waals surface area contributed by atoms with Gasteiger partial charge in [-0.1, -0.05) is 0 Å². The first kappa shape index (κ1) is 20.2. The lowest BCUT2D eigenvalue weighted by Crippen LogP contribution is -2.46. The third-order valence-corrected chi connectivity index (χ3v) is 2.09. The smallest absolute Gasteiger partial charge is 0.392 e. The molecule has 0 rings (SSSR count). The first-order valence-corrected chi connectivity index (χ1v) is 6.59. The maximum Gasteiger partial charge on any atom is 0.469 e. The lowest BCUT2D eigenvalue weighted by molar-refractivity contribution is -0.870. The van der Waals surface area contributed by atoms with Crippen molar-refractivity contribution in [3.8, 4) is 0 Å². The Hall–Kier alpha value is -0.0900. The van der Waals surface area contributed by atoms with E-state index in [0.717, 1.165) is 0 Å². The summed E-state index contributed by atoms with van der Waals surface area (Å²) in [7, 11) is 1.50. The van der Waals surface area contributed by atoms with Gasteiger partial charge in [0.05, 0.1) is 34.4 Å². The highest BCUT2D eigenvalue weighted by Gasteiger charge is 2.16. The number of aliphatic hydroxyl groups excluding tert-OH is 2. The molecule has 0 aromatic rings. The molecule has 0 aliphatic heterocycles. The summed E-state index contributed by atoms with van der Waals surface area (Å²) in [4.78, 5) is 16.6. The highest BCUT2D eigenvalue weighted by Crippen LogP contribution is 2.35. The van der Waals surface area contributed by atoms with E-state index in [1.165, 1.54) is 0 Å². The molecule has 0 saturated heterocycles. The molecule has 0 radical (unpaired) electrons. The molecule has 7 N–H and O–H groups in total. The number of hydrogen-bond acceptors (Lipinski definition) is 6. The van der Waals surface area contributed by atoms with Gasteiger partial charge in [-0.05, 0) is 0 Å². The SMILES string of the molecule is C[N+](C)(C)CCOP(=O)(O)O.NC(O)(CO)CO. The summed E-state index contributed by atoms with van der Waals surface area (Å²) in [6.07, 6.45) is 0. The van der Waals surface area contributed by atoms with Crippen LogP contribution in [0.2, 0.25) is 0 Å². The number of phosphoric acid groups is 1. The van der Waals surface area contributed by atoms with Crippen molar-refractivity contribution < 1.29 is 38.7 Å². The molecular formula is C8H24N2O7P+. The zero-order chi connectivity index (χ0) is 15.0. The van der Waals surface area contributed by atoms with Crippen molar-refractivity contribution in [1.82, 2.24) is 0 Å². The van der Waals surface area contributed by atoms with Gasteiger partial charge in [-0.2, -0.15) is 0 Å². The van der Waals surface area contributed by atoms with E-state index >= 15 is 0 Å². The molecule has 0 aromatic heterocycles. The molecule has 0 heterocycles. The summed E-state index contributed by atoms with van der Waals surface area (Å²) in [5.74, 6) is 0. The molecule has 0 aliphatic carbocycles. The molecule has 0 fully saturated rings. The van der Waals surface area contributed by atoms with E-state index in [0.29, 0.717) is 11.0 Å². The van der Waals surface area contributed by atoms with Crippen LogP contribution in [0.5, 0.6) is 0 Å². The summed E-state index contributed by atoms with van der Waals surface area (Å²) in [5, 5.41) is 24.5. The minimum atomic E-state index is -4.26. The van der Waals surface area contributed by atoms with Crippen molar-refractivity contribution in [2.24, 2.45) is 5.73 Å². The third-order valence-electron chi connectivity index (χ3n) is 1.57. The molecular weight excluding hydrogens is 267 g/mol. The van der Waals surface area contributed by atoms with Crippen molar-refractivity contribution in [3.05, 3.63) is 0 Å². The molecule has 18 heavy (non-hydrogen) atoms. The van der Waals surface area contributed by atoms with Crippen LogP contribution in [0.15, 0.2) is 0 Å². The van der Waals surface area contributed by atoms with Crippen LogP contribution in [0.25, 0.3) is 0 Å². The van der Waals surface area contributed by atoms with Gasteiger partial charge in [0.2, 0.25) is 0 Å². The Kier molecular flexibility index (Phi) is 9.17. The molecule has 0 aromatic carbocycles. The van der Waals surface area contributed by atoms with E-state index in [2.05, 4.69) is 4.52 Å². The molecule has 0 saturated carbocycles. The first-order chi connectivity index (χ1) is 7.83. The van der Waals surface area contributed by atoms with Crippen molar-refractivity contribution in [2.45, 2.75) is 5.72 Å². The third kappa shape index (κ3) is 18.3. The second kappa shape index (κ2) is 8.16. The maximum atomic E-state index is 10.2. The Balaban J connectivity index is 0. The molecule has 0 unspecified atom stereocenters. The summed E-state index contributed by atoms with van der Waals surface area (Å²) in [6, 6.07) is 0.